The van der Waals surface area contributed by atoms with Crippen molar-refractivity contribution in [3.05, 3.63) is 29.8 Å². The van der Waals surface area contributed by atoms with Crippen LogP contribution in [-0.2, 0) is 5.54 Å². The first kappa shape index (κ1) is 9.53. The summed E-state index contributed by atoms with van der Waals surface area (Å²) in [5, 5.41) is 9.70. The number of hydrogen-bond donors (Lipinski definition) is 2. The molecule has 1 saturated carbocycles. The molecule has 0 saturated heterocycles. The number of aromatic hydroxyl groups is 1. The van der Waals surface area contributed by atoms with Crippen LogP contribution in [0.2, 0.25) is 0 Å². The molecule has 2 rings (SSSR count). The van der Waals surface area contributed by atoms with Crippen LogP contribution in [0.5, 0.6) is 5.75 Å². The van der Waals surface area contributed by atoms with Crippen molar-refractivity contribution >= 4 is 0 Å². The van der Waals surface area contributed by atoms with Crippen LogP contribution in [0.15, 0.2) is 24.3 Å². The lowest BCUT2D eigenvalue weighted by molar-refractivity contribution is 0.0600. The average Bonchev–Trinajstić information content (AvgIpc) is 2.00. The molecule has 1 aliphatic rings. The van der Waals surface area contributed by atoms with Gasteiger partial charge in [-0.2, -0.15) is 0 Å². The Hall–Kier alpha value is -1.02. The standard InChI is InChI=1S/C12H17NO/c1-11(2)7-12(13,8-11)9-5-3-4-6-10(9)14/h3-6,14H,7-8,13H2,1-2H3. The maximum atomic E-state index is 9.70. The second-order valence-electron chi connectivity index (χ2n) is 5.19. The third-order valence-corrected chi connectivity index (χ3v) is 3.03. The van der Waals surface area contributed by atoms with Gasteiger partial charge in [0.15, 0.2) is 0 Å². The van der Waals surface area contributed by atoms with Gasteiger partial charge in [-0.15, -0.1) is 0 Å². The fourth-order valence-electron chi connectivity index (χ4n) is 2.74. The quantitative estimate of drug-likeness (QED) is 0.715. The summed E-state index contributed by atoms with van der Waals surface area (Å²) < 4.78 is 0. The molecule has 1 aromatic carbocycles. The first-order valence-electron chi connectivity index (χ1n) is 5.00. The van der Waals surface area contributed by atoms with Gasteiger partial charge in [-0.1, -0.05) is 32.0 Å². The zero-order valence-corrected chi connectivity index (χ0v) is 8.75. The molecular weight excluding hydrogens is 174 g/mol. The van der Waals surface area contributed by atoms with E-state index in [1.807, 2.05) is 18.2 Å². The van der Waals surface area contributed by atoms with Crippen molar-refractivity contribution in [2.24, 2.45) is 11.1 Å². The van der Waals surface area contributed by atoms with Gasteiger partial charge >= 0.3 is 0 Å². The number of nitrogens with two attached hydrogens (primary N) is 1. The van der Waals surface area contributed by atoms with Crippen molar-refractivity contribution in [3.63, 3.8) is 0 Å². The van der Waals surface area contributed by atoms with Gasteiger partial charge in [0.2, 0.25) is 0 Å². The van der Waals surface area contributed by atoms with Gasteiger partial charge in [-0.25, -0.2) is 0 Å². The minimum Gasteiger partial charge on any atom is -0.508 e. The van der Waals surface area contributed by atoms with Crippen LogP contribution >= 0.6 is 0 Å². The van der Waals surface area contributed by atoms with Crippen molar-refractivity contribution in [1.82, 2.24) is 0 Å². The van der Waals surface area contributed by atoms with Crippen molar-refractivity contribution in [2.75, 3.05) is 0 Å². The van der Waals surface area contributed by atoms with Crippen LogP contribution in [0.3, 0.4) is 0 Å². The number of rotatable bonds is 1. The molecule has 0 spiro atoms. The lowest BCUT2D eigenvalue weighted by Gasteiger charge is -2.51. The zero-order chi connectivity index (χ0) is 10.4. The molecule has 2 nitrogen and oxygen atoms in total. The lowest BCUT2D eigenvalue weighted by atomic mass is 9.57. The summed E-state index contributed by atoms with van der Waals surface area (Å²) in [5.74, 6) is 0.325. The predicted molar refractivity (Wildman–Crippen MR) is 57.0 cm³/mol. The van der Waals surface area contributed by atoms with E-state index in [1.54, 1.807) is 6.07 Å². The molecule has 0 radical (unpaired) electrons. The smallest absolute Gasteiger partial charge is 0.120 e. The molecule has 2 heteroatoms. The van der Waals surface area contributed by atoms with Gasteiger partial charge in [0.25, 0.3) is 0 Å². The first-order chi connectivity index (χ1) is 6.43. The Balaban J connectivity index is 2.30. The van der Waals surface area contributed by atoms with E-state index in [2.05, 4.69) is 13.8 Å². The second-order valence-corrected chi connectivity index (χ2v) is 5.19. The van der Waals surface area contributed by atoms with E-state index in [0.29, 0.717) is 11.2 Å². The van der Waals surface area contributed by atoms with Crippen LogP contribution in [0.1, 0.15) is 32.3 Å². The average molecular weight is 191 g/mol. The number of benzene rings is 1. The maximum absolute atomic E-state index is 9.70. The first-order valence-corrected chi connectivity index (χ1v) is 5.00. The fourth-order valence-corrected chi connectivity index (χ4v) is 2.74. The van der Waals surface area contributed by atoms with Gasteiger partial charge in [-0.05, 0) is 24.3 Å². The lowest BCUT2D eigenvalue weighted by Crippen LogP contribution is -2.53. The van der Waals surface area contributed by atoms with Crippen molar-refractivity contribution in [1.29, 1.82) is 0 Å². The summed E-state index contributed by atoms with van der Waals surface area (Å²) in [5.41, 5.74) is 7.13. The minimum atomic E-state index is -0.311. The van der Waals surface area contributed by atoms with Crippen molar-refractivity contribution < 1.29 is 5.11 Å². The van der Waals surface area contributed by atoms with E-state index < -0.39 is 0 Å². The number of para-hydroxylation sites is 1. The Morgan fingerprint density at radius 1 is 1.21 bits per heavy atom. The molecule has 14 heavy (non-hydrogen) atoms. The summed E-state index contributed by atoms with van der Waals surface area (Å²) in [6.07, 6.45) is 1.88. The van der Waals surface area contributed by atoms with Gasteiger partial charge in [0.1, 0.15) is 5.75 Å². The molecule has 0 aromatic heterocycles. The molecule has 0 bridgehead atoms. The number of phenolic OH excluding ortho intramolecular Hbond substituents is 1. The Bertz CT molecular complexity index is 349. The Labute approximate surface area is 84.7 Å². The van der Waals surface area contributed by atoms with E-state index in [9.17, 15) is 5.11 Å². The minimum absolute atomic E-state index is 0.311. The fraction of sp³-hybridized carbons (Fsp3) is 0.500. The molecule has 0 unspecified atom stereocenters. The predicted octanol–water partition coefficient (Wildman–Crippen LogP) is 2.37. The van der Waals surface area contributed by atoms with Crippen molar-refractivity contribution in [2.45, 2.75) is 32.2 Å². The molecule has 1 aromatic rings. The summed E-state index contributed by atoms with van der Waals surface area (Å²) in [6, 6.07) is 7.38. The van der Waals surface area contributed by atoms with Crippen LogP contribution < -0.4 is 5.73 Å². The van der Waals surface area contributed by atoms with Gasteiger partial charge in [-0.3, -0.25) is 0 Å². The van der Waals surface area contributed by atoms with Gasteiger partial charge in [0.05, 0.1) is 0 Å². The molecule has 3 N–H and O–H groups in total. The molecule has 0 heterocycles. The molecule has 76 valence electrons. The summed E-state index contributed by atoms with van der Waals surface area (Å²) in [6.45, 7) is 4.41. The van der Waals surface area contributed by atoms with Crippen molar-refractivity contribution in [3.8, 4) is 5.75 Å². The Kier molecular flexibility index (Phi) is 1.86. The van der Waals surface area contributed by atoms with E-state index in [1.165, 1.54) is 0 Å². The molecule has 1 aliphatic carbocycles. The largest absolute Gasteiger partial charge is 0.508 e. The highest BCUT2D eigenvalue weighted by atomic mass is 16.3. The number of phenols is 1. The van der Waals surface area contributed by atoms with E-state index >= 15 is 0 Å². The second kappa shape index (κ2) is 2.74. The molecule has 0 atom stereocenters. The van der Waals surface area contributed by atoms with Gasteiger partial charge < -0.3 is 10.8 Å². The monoisotopic (exact) mass is 191 g/mol. The Morgan fingerprint density at radius 3 is 2.29 bits per heavy atom. The third kappa shape index (κ3) is 1.40. The molecule has 0 aliphatic heterocycles. The molecular formula is C12H17NO. The van der Waals surface area contributed by atoms with Crippen LogP contribution in [0.4, 0.5) is 0 Å². The highest BCUT2D eigenvalue weighted by Crippen LogP contribution is 2.53. The highest BCUT2D eigenvalue weighted by molar-refractivity contribution is 5.40. The summed E-state index contributed by atoms with van der Waals surface area (Å²) >= 11 is 0. The molecule has 1 fully saturated rings. The van der Waals surface area contributed by atoms with Crippen LogP contribution in [0, 0.1) is 5.41 Å². The topological polar surface area (TPSA) is 46.2 Å². The summed E-state index contributed by atoms with van der Waals surface area (Å²) in [7, 11) is 0. The zero-order valence-electron chi connectivity index (χ0n) is 8.75. The number of hydrogen-bond acceptors (Lipinski definition) is 2. The normalized spacial score (nSPS) is 22.8. The maximum Gasteiger partial charge on any atom is 0.120 e. The Morgan fingerprint density at radius 2 is 1.79 bits per heavy atom. The van der Waals surface area contributed by atoms with Crippen LogP contribution in [-0.4, -0.2) is 5.11 Å². The van der Waals surface area contributed by atoms with E-state index in [-0.39, 0.29) is 5.54 Å². The third-order valence-electron chi connectivity index (χ3n) is 3.03. The van der Waals surface area contributed by atoms with E-state index in [4.69, 9.17) is 5.73 Å². The van der Waals surface area contributed by atoms with Gasteiger partial charge in [0, 0.05) is 11.1 Å². The summed E-state index contributed by atoms with van der Waals surface area (Å²) in [4.78, 5) is 0. The highest BCUT2D eigenvalue weighted by Gasteiger charge is 2.48. The SMILES string of the molecule is CC1(C)CC(N)(c2ccccc2O)C1. The van der Waals surface area contributed by atoms with E-state index in [0.717, 1.165) is 18.4 Å². The van der Waals surface area contributed by atoms with Crippen LogP contribution in [0.25, 0.3) is 0 Å². The molecule has 0 amide bonds.